The molecular formula is C36H44F3N7O4. The van der Waals surface area contributed by atoms with Crippen molar-refractivity contribution in [3.05, 3.63) is 65.0 Å². The van der Waals surface area contributed by atoms with Crippen molar-refractivity contribution in [1.82, 2.24) is 25.8 Å². The number of carbonyl (C=O) groups excluding carboxylic acids is 4. The van der Waals surface area contributed by atoms with Gasteiger partial charge < -0.3 is 31.1 Å². The van der Waals surface area contributed by atoms with E-state index in [4.69, 9.17) is 5.26 Å². The maximum atomic E-state index is 15.7. The Balaban J connectivity index is 1.32. The molecule has 50 heavy (non-hydrogen) atoms. The first kappa shape index (κ1) is 36.6. The summed E-state index contributed by atoms with van der Waals surface area (Å²) in [5.41, 5.74) is -0.555. The molecule has 0 bridgehead atoms. The van der Waals surface area contributed by atoms with Crippen LogP contribution in [-0.2, 0) is 20.3 Å². The average molecular weight is 696 g/mol. The SMILES string of the molecule is C[C@@H](c1ccc(NC(=O)C(NC(=O)C(F)(F)c2cccc(C#N)c2)C2CCCCC2)c(F)c1)[C@@H](NC(=O)NC1CC1)C(=O)N1CCN(C)CC1. The number of likely N-dealkylation sites (N-methyl/N-ethyl adjacent to an activating group) is 1. The highest BCUT2D eigenvalue weighted by Gasteiger charge is 2.44. The minimum absolute atomic E-state index is 0.0443. The van der Waals surface area contributed by atoms with Gasteiger partial charge >= 0.3 is 12.0 Å². The molecule has 3 aliphatic rings. The molecule has 5 rings (SSSR count). The van der Waals surface area contributed by atoms with Gasteiger partial charge in [-0.1, -0.05) is 44.4 Å². The van der Waals surface area contributed by atoms with Crippen molar-refractivity contribution in [3.63, 3.8) is 0 Å². The van der Waals surface area contributed by atoms with Crippen LogP contribution in [0.5, 0.6) is 0 Å². The van der Waals surface area contributed by atoms with Gasteiger partial charge in [-0.2, -0.15) is 14.0 Å². The maximum Gasteiger partial charge on any atom is 0.349 e. The molecule has 2 aromatic rings. The molecule has 1 saturated heterocycles. The number of nitrogens with zero attached hydrogens (tertiary/aromatic N) is 3. The summed E-state index contributed by atoms with van der Waals surface area (Å²) in [6, 6.07) is 7.58. The molecule has 4 N–H and O–H groups in total. The number of alkyl halides is 2. The summed E-state index contributed by atoms with van der Waals surface area (Å²) in [7, 11) is 1.96. The van der Waals surface area contributed by atoms with Gasteiger partial charge in [-0.15, -0.1) is 0 Å². The molecule has 1 aliphatic heterocycles. The van der Waals surface area contributed by atoms with Crippen LogP contribution >= 0.6 is 0 Å². The highest BCUT2D eigenvalue weighted by atomic mass is 19.3. The van der Waals surface area contributed by atoms with E-state index < -0.39 is 59.1 Å². The zero-order valence-electron chi connectivity index (χ0n) is 28.3. The Bertz CT molecular complexity index is 1610. The smallest absolute Gasteiger partial charge is 0.338 e. The van der Waals surface area contributed by atoms with Gasteiger partial charge in [-0.3, -0.25) is 14.4 Å². The van der Waals surface area contributed by atoms with Crippen molar-refractivity contribution in [3.8, 4) is 6.07 Å². The predicted molar refractivity (Wildman–Crippen MR) is 180 cm³/mol. The normalized spacial score (nSPS) is 19.0. The van der Waals surface area contributed by atoms with Gasteiger partial charge in [0, 0.05) is 43.7 Å². The van der Waals surface area contributed by atoms with Gasteiger partial charge in [0.15, 0.2) is 0 Å². The van der Waals surface area contributed by atoms with Crippen molar-refractivity contribution in [2.24, 2.45) is 5.92 Å². The fourth-order valence-electron chi connectivity index (χ4n) is 6.55. The summed E-state index contributed by atoms with van der Waals surface area (Å²) < 4.78 is 46.3. The topological polar surface area (TPSA) is 147 Å². The molecule has 0 spiro atoms. The second-order valence-electron chi connectivity index (χ2n) is 13.6. The Morgan fingerprint density at radius 2 is 1.64 bits per heavy atom. The van der Waals surface area contributed by atoms with Crippen LogP contribution in [0.25, 0.3) is 0 Å². The number of hydrogen-bond donors (Lipinski definition) is 4. The molecule has 3 fully saturated rings. The third-order valence-corrected chi connectivity index (χ3v) is 9.89. The summed E-state index contributed by atoms with van der Waals surface area (Å²) in [6.45, 7) is 4.04. The Morgan fingerprint density at radius 3 is 2.28 bits per heavy atom. The molecule has 0 aromatic heterocycles. The first-order chi connectivity index (χ1) is 23.9. The largest absolute Gasteiger partial charge is 0.349 e. The molecule has 1 heterocycles. The van der Waals surface area contributed by atoms with Crippen molar-refractivity contribution < 1.29 is 32.3 Å². The van der Waals surface area contributed by atoms with E-state index in [-0.39, 0.29) is 23.2 Å². The predicted octanol–water partition coefficient (Wildman–Crippen LogP) is 4.20. The first-order valence-corrected chi connectivity index (χ1v) is 17.2. The average Bonchev–Trinajstić information content (AvgIpc) is 3.94. The number of rotatable bonds is 11. The third-order valence-electron chi connectivity index (χ3n) is 9.89. The van der Waals surface area contributed by atoms with Gasteiger partial charge in [0.25, 0.3) is 5.91 Å². The minimum Gasteiger partial charge on any atom is -0.338 e. The quantitative estimate of drug-likeness (QED) is 0.277. The Hall–Kier alpha value is -4.64. The van der Waals surface area contributed by atoms with E-state index in [1.54, 1.807) is 24.0 Å². The van der Waals surface area contributed by atoms with E-state index in [1.165, 1.54) is 24.3 Å². The molecule has 268 valence electrons. The highest BCUT2D eigenvalue weighted by Crippen LogP contribution is 2.32. The first-order valence-electron chi connectivity index (χ1n) is 17.2. The van der Waals surface area contributed by atoms with Crippen LogP contribution in [0.2, 0.25) is 0 Å². The molecule has 2 aromatic carbocycles. The van der Waals surface area contributed by atoms with Crippen LogP contribution in [0.1, 0.15) is 74.5 Å². The van der Waals surface area contributed by atoms with Crippen molar-refractivity contribution in [1.29, 1.82) is 5.26 Å². The lowest BCUT2D eigenvalue weighted by Gasteiger charge is -2.36. The second kappa shape index (κ2) is 15.9. The van der Waals surface area contributed by atoms with E-state index in [9.17, 15) is 19.2 Å². The van der Waals surface area contributed by atoms with E-state index in [0.29, 0.717) is 44.6 Å². The van der Waals surface area contributed by atoms with E-state index in [2.05, 4.69) is 26.2 Å². The molecule has 0 radical (unpaired) electrons. The fraction of sp³-hybridized carbons (Fsp3) is 0.528. The lowest BCUT2D eigenvalue weighted by molar-refractivity contribution is -0.149. The van der Waals surface area contributed by atoms with Gasteiger partial charge in [0.2, 0.25) is 11.8 Å². The summed E-state index contributed by atoms with van der Waals surface area (Å²) in [5, 5.41) is 19.5. The van der Waals surface area contributed by atoms with E-state index in [1.807, 2.05) is 7.05 Å². The standard InChI is InChI=1S/C36H44F3N7O4/c1-22(30(44-35(50)41-27-12-13-27)33(48)46-17-15-45(2)16-18-46)25-11-14-29(28(37)20-25)42-32(47)31(24-8-4-3-5-9-24)43-34(49)36(38,39)26-10-6-7-23(19-26)21-40/h6-7,10-11,14,19-20,22,24,27,30-31H,3-5,8-9,12-13,15-18H2,1-2H3,(H,42,47)(H,43,49)(H2,41,44,50)/t22-,30+,31?/m0/s1. The van der Waals surface area contributed by atoms with Crippen LogP contribution in [0, 0.1) is 23.1 Å². The number of amides is 5. The molecule has 5 amide bonds. The zero-order valence-corrected chi connectivity index (χ0v) is 28.3. The second-order valence-corrected chi connectivity index (χ2v) is 13.6. The van der Waals surface area contributed by atoms with Crippen LogP contribution in [0.4, 0.5) is 23.7 Å². The zero-order chi connectivity index (χ0) is 36.0. The number of halogens is 3. The summed E-state index contributed by atoms with van der Waals surface area (Å²) >= 11 is 0. The summed E-state index contributed by atoms with van der Waals surface area (Å²) in [6.07, 6.45) is 5.14. The number of hydrogen-bond acceptors (Lipinski definition) is 6. The minimum atomic E-state index is -4.04. The lowest BCUT2D eigenvalue weighted by Crippen LogP contribution is -2.57. The Kier molecular flexibility index (Phi) is 11.7. The number of urea groups is 1. The molecule has 2 saturated carbocycles. The molecule has 2 aliphatic carbocycles. The molecule has 3 atom stereocenters. The molecule has 14 heteroatoms. The Morgan fingerprint density at radius 1 is 0.940 bits per heavy atom. The van der Waals surface area contributed by atoms with E-state index in [0.717, 1.165) is 44.2 Å². The highest BCUT2D eigenvalue weighted by molar-refractivity contribution is 5.98. The summed E-state index contributed by atoms with van der Waals surface area (Å²) in [5.74, 6) is -8.79. The number of nitriles is 1. The number of nitrogens with one attached hydrogen (secondary N) is 4. The summed E-state index contributed by atoms with van der Waals surface area (Å²) in [4.78, 5) is 56.8. The monoisotopic (exact) mass is 695 g/mol. The lowest BCUT2D eigenvalue weighted by atomic mass is 9.83. The number of benzene rings is 2. The van der Waals surface area contributed by atoms with Gasteiger partial charge in [-0.05, 0) is 68.5 Å². The van der Waals surface area contributed by atoms with Gasteiger partial charge in [0.05, 0.1) is 17.3 Å². The fourth-order valence-corrected chi connectivity index (χ4v) is 6.55. The molecule has 1 unspecified atom stereocenters. The number of piperazine rings is 1. The van der Waals surface area contributed by atoms with E-state index >= 15 is 13.2 Å². The van der Waals surface area contributed by atoms with Gasteiger partial charge in [-0.25, -0.2) is 9.18 Å². The van der Waals surface area contributed by atoms with Crippen LogP contribution < -0.4 is 21.3 Å². The van der Waals surface area contributed by atoms with Crippen molar-refractivity contribution in [2.45, 2.75) is 81.8 Å². The maximum absolute atomic E-state index is 15.7. The Labute approximate surface area is 289 Å². The van der Waals surface area contributed by atoms with Crippen molar-refractivity contribution in [2.75, 3.05) is 38.5 Å². The van der Waals surface area contributed by atoms with Crippen LogP contribution in [-0.4, -0.2) is 84.9 Å². The number of carbonyl (C=O) groups is 4. The molecule has 11 nitrogen and oxygen atoms in total. The number of anilines is 1. The van der Waals surface area contributed by atoms with Gasteiger partial charge in [0.1, 0.15) is 17.9 Å². The molecular weight excluding hydrogens is 651 g/mol. The van der Waals surface area contributed by atoms with Crippen LogP contribution in [0.3, 0.4) is 0 Å². The van der Waals surface area contributed by atoms with Crippen molar-refractivity contribution >= 4 is 29.4 Å². The third kappa shape index (κ3) is 8.93. The van der Waals surface area contributed by atoms with Crippen LogP contribution in [0.15, 0.2) is 42.5 Å².